The molecular weight excluding hydrogens is 406 g/mol. The highest BCUT2D eigenvalue weighted by molar-refractivity contribution is 6.30. The van der Waals surface area contributed by atoms with E-state index in [1.54, 1.807) is 56.3 Å². The standard InChI is InChI=1S/C23H20ClNO5/c1-3-28-21-14-17(13-18(15-25)23(27)29-4-2)7-11-20(21)30-22(26)12-8-16-5-9-19(24)10-6-16/h5-14H,3-4H2,1-2H3/b12-8+,18-13+. The van der Waals surface area contributed by atoms with Gasteiger partial charge in [0, 0.05) is 11.1 Å². The molecule has 0 aromatic heterocycles. The summed E-state index contributed by atoms with van der Waals surface area (Å²) in [6.45, 7) is 3.94. The van der Waals surface area contributed by atoms with Gasteiger partial charge in [0.25, 0.3) is 0 Å². The first-order chi connectivity index (χ1) is 14.5. The summed E-state index contributed by atoms with van der Waals surface area (Å²) in [4.78, 5) is 24.0. The Morgan fingerprint density at radius 1 is 1.03 bits per heavy atom. The van der Waals surface area contributed by atoms with Crippen molar-refractivity contribution in [1.82, 2.24) is 0 Å². The van der Waals surface area contributed by atoms with E-state index >= 15 is 0 Å². The summed E-state index contributed by atoms with van der Waals surface area (Å²) in [6, 6.07) is 13.5. The number of hydrogen-bond acceptors (Lipinski definition) is 6. The molecule has 0 aliphatic heterocycles. The molecule has 0 spiro atoms. The third-order valence-corrected chi connectivity index (χ3v) is 3.94. The molecular formula is C23H20ClNO5. The second-order valence-electron chi connectivity index (χ2n) is 5.84. The number of rotatable bonds is 8. The quantitative estimate of drug-likeness (QED) is 0.260. The number of esters is 2. The number of hydrogen-bond donors (Lipinski definition) is 0. The first-order valence-corrected chi connectivity index (χ1v) is 9.55. The minimum atomic E-state index is -0.708. The van der Waals surface area contributed by atoms with Crippen LogP contribution in [-0.2, 0) is 14.3 Å². The van der Waals surface area contributed by atoms with Crippen LogP contribution < -0.4 is 9.47 Å². The monoisotopic (exact) mass is 425 g/mol. The lowest BCUT2D eigenvalue weighted by atomic mass is 10.1. The molecule has 0 aliphatic rings. The Kier molecular flexibility index (Phi) is 8.67. The summed E-state index contributed by atoms with van der Waals surface area (Å²) in [5.74, 6) is -0.769. The highest BCUT2D eigenvalue weighted by Gasteiger charge is 2.13. The molecule has 0 radical (unpaired) electrons. The first kappa shape index (κ1) is 22.7. The molecule has 0 fully saturated rings. The van der Waals surface area contributed by atoms with Crippen LogP contribution in [0, 0.1) is 11.3 Å². The smallest absolute Gasteiger partial charge is 0.348 e. The van der Waals surface area contributed by atoms with Gasteiger partial charge in [0.1, 0.15) is 11.6 Å². The fourth-order valence-electron chi connectivity index (χ4n) is 2.36. The predicted molar refractivity (Wildman–Crippen MR) is 114 cm³/mol. The maximum absolute atomic E-state index is 12.2. The average molecular weight is 426 g/mol. The van der Waals surface area contributed by atoms with Gasteiger partial charge in [-0.05, 0) is 61.4 Å². The lowest BCUT2D eigenvalue weighted by molar-refractivity contribution is -0.138. The molecule has 2 aromatic rings. The highest BCUT2D eigenvalue weighted by atomic mass is 35.5. The molecule has 0 heterocycles. The summed E-state index contributed by atoms with van der Waals surface area (Å²) >= 11 is 5.84. The van der Waals surface area contributed by atoms with Crippen molar-refractivity contribution in [2.45, 2.75) is 13.8 Å². The molecule has 0 saturated carbocycles. The molecule has 154 valence electrons. The molecule has 0 atom stereocenters. The molecule has 0 saturated heterocycles. The van der Waals surface area contributed by atoms with Crippen molar-refractivity contribution in [3.05, 3.63) is 70.3 Å². The molecule has 0 N–H and O–H groups in total. The minimum absolute atomic E-state index is 0.144. The largest absolute Gasteiger partial charge is 0.490 e. The van der Waals surface area contributed by atoms with Gasteiger partial charge in [0.05, 0.1) is 13.2 Å². The Labute approximate surface area is 179 Å². The molecule has 7 heteroatoms. The molecule has 0 unspecified atom stereocenters. The van der Waals surface area contributed by atoms with E-state index in [-0.39, 0.29) is 17.9 Å². The summed E-state index contributed by atoms with van der Waals surface area (Å²) in [6.07, 6.45) is 4.28. The Bertz CT molecular complexity index is 1000. The van der Waals surface area contributed by atoms with Gasteiger partial charge in [-0.15, -0.1) is 0 Å². The van der Waals surface area contributed by atoms with Gasteiger partial charge in [-0.2, -0.15) is 5.26 Å². The average Bonchev–Trinajstić information content (AvgIpc) is 2.73. The van der Waals surface area contributed by atoms with Crippen LogP contribution in [0.15, 0.2) is 54.1 Å². The van der Waals surface area contributed by atoms with Crippen LogP contribution in [0.4, 0.5) is 0 Å². The molecule has 30 heavy (non-hydrogen) atoms. The Balaban J connectivity index is 2.20. The lowest BCUT2D eigenvalue weighted by Gasteiger charge is -2.10. The van der Waals surface area contributed by atoms with Gasteiger partial charge in [-0.3, -0.25) is 0 Å². The van der Waals surface area contributed by atoms with Crippen LogP contribution in [0.3, 0.4) is 0 Å². The van der Waals surface area contributed by atoms with Gasteiger partial charge in [0.2, 0.25) is 0 Å². The van der Waals surface area contributed by atoms with Crippen molar-refractivity contribution in [1.29, 1.82) is 5.26 Å². The van der Waals surface area contributed by atoms with Gasteiger partial charge >= 0.3 is 11.9 Å². The Morgan fingerprint density at radius 3 is 2.37 bits per heavy atom. The maximum Gasteiger partial charge on any atom is 0.348 e. The molecule has 0 bridgehead atoms. The Hall–Kier alpha value is -3.56. The van der Waals surface area contributed by atoms with E-state index in [9.17, 15) is 9.59 Å². The number of carbonyl (C=O) groups excluding carboxylic acids is 2. The fraction of sp³-hybridized carbons (Fsp3) is 0.174. The number of benzene rings is 2. The van der Waals surface area contributed by atoms with Crippen LogP contribution in [0.2, 0.25) is 5.02 Å². The van der Waals surface area contributed by atoms with E-state index in [4.69, 9.17) is 31.1 Å². The van der Waals surface area contributed by atoms with Crippen LogP contribution in [0.5, 0.6) is 11.5 Å². The van der Waals surface area contributed by atoms with Crippen LogP contribution in [0.1, 0.15) is 25.0 Å². The number of carbonyl (C=O) groups is 2. The van der Waals surface area contributed by atoms with E-state index in [0.717, 1.165) is 5.56 Å². The maximum atomic E-state index is 12.2. The van der Waals surface area contributed by atoms with Crippen molar-refractivity contribution in [3.8, 4) is 17.6 Å². The van der Waals surface area contributed by atoms with Gasteiger partial charge in [-0.1, -0.05) is 29.8 Å². The first-order valence-electron chi connectivity index (χ1n) is 9.18. The van der Waals surface area contributed by atoms with Crippen molar-refractivity contribution >= 4 is 35.7 Å². The van der Waals surface area contributed by atoms with E-state index in [1.807, 2.05) is 6.07 Å². The van der Waals surface area contributed by atoms with Crippen molar-refractivity contribution < 1.29 is 23.8 Å². The number of nitriles is 1. The molecule has 6 nitrogen and oxygen atoms in total. The summed E-state index contributed by atoms with van der Waals surface area (Å²) in [7, 11) is 0. The summed E-state index contributed by atoms with van der Waals surface area (Å²) in [5, 5.41) is 9.77. The SMILES string of the molecule is CCOC(=O)/C(C#N)=C/c1ccc(OC(=O)/C=C/c2ccc(Cl)cc2)c(OCC)c1. The highest BCUT2D eigenvalue weighted by Crippen LogP contribution is 2.30. The minimum Gasteiger partial charge on any atom is -0.490 e. The van der Waals surface area contributed by atoms with Gasteiger partial charge in [-0.25, -0.2) is 9.59 Å². The zero-order chi connectivity index (χ0) is 21.9. The van der Waals surface area contributed by atoms with Crippen molar-refractivity contribution in [2.75, 3.05) is 13.2 Å². The zero-order valence-corrected chi connectivity index (χ0v) is 17.3. The molecule has 2 aromatic carbocycles. The predicted octanol–water partition coefficient (Wildman–Crippen LogP) is 4.83. The number of ether oxygens (including phenoxy) is 3. The van der Waals surface area contributed by atoms with Crippen molar-refractivity contribution in [3.63, 3.8) is 0 Å². The Morgan fingerprint density at radius 2 is 1.73 bits per heavy atom. The molecule has 2 rings (SSSR count). The van der Waals surface area contributed by atoms with Crippen LogP contribution in [-0.4, -0.2) is 25.2 Å². The van der Waals surface area contributed by atoms with Crippen LogP contribution in [0.25, 0.3) is 12.2 Å². The molecule has 0 aliphatic carbocycles. The molecule has 0 amide bonds. The topological polar surface area (TPSA) is 85.6 Å². The second-order valence-corrected chi connectivity index (χ2v) is 6.27. The van der Waals surface area contributed by atoms with Gasteiger partial charge < -0.3 is 14.2 Å². The lowest BCUT2D eigenvalue weighted by Crippen LogP contribution is -2.07. The van der Waals surface area contributed by atoms with E-state index in [1.165, 1.54) is 18.2 Å². The number of halogens is 1. The third-order valence-electron chi connectivity index (χ3n) is 3.69. The third kappa shape index (κ3) is 6.80. The van der Waals surface area contributed by atoms with E-state index in [2.05, 4.69) is 0 Å². The van der Waals surface area contributed by atoms with E-state index in [0.29, 0.717) is 22.9 Å². The van der Waals surface area contributed by atoms with Crippen molar-refractivity contribution in [2.24, 2.45) is 0 Å². The van der Waals surface area contributed by atoms with Crippen LogP contribution >= 0.6 is 11.6 Å². The number of nitrogens with zero attached hydrogens (tertiary/aromatic N) is 1. The summed E-state index contributed by atoms with van der Waals surface area (Å²) < 4.78 is 15.7. The van der Waals surface area contributed by atoms with E-state index < -0.39 is 11.9 Å². The fourth-order valence-corrected chi connectivity index (χ4v) is 2.49. The summed E-state index contributed by atoms with van der Waals surface area (Å²) in [5.41, 5.74) is 1.18. The zero-order valence-electron chi connectivity index (χ0n) is 16.6. The second kappa shape index (κ2) is 11.4. The normalized spacial score (nSPS) is 11.1. The van der Waals surface area contributed by atoms with Gasteiger partial charge in [0.15, 0.2) is 11.5 Å².